The minimum atomic E-state index is -0.151. The van der Waals surface area contributed by atoms with E-state index in [2.05, 4.69) is 20.9 Å². The molecule has 1 aromatic heterocycles. The molecule has 2 heterocycles. The van der Waals surface area contributed by atoms with Crippen LogP contribution in [0.2, 0.25) is 0 Å². The van der Waals surface area contributed by atoms with Crippen LogP contribution in [0.5, 0.6) is 23.0 Å². The van der Waals surface area contributed by atoms with Gasteiger partial charge in [-0.05, 0) is 29.8 Å². The van der Waals surface area contributed by atoms with Crippen molar-refractivity contribution in [2.75, 3.05) is 71.5 Å². The second-order valence-corrected chi connectivity index (χ2v) is 10.1. The number of para-hydroxylation sites is 2. The van der Waals surface area contributed by atoms with Crippen molar-refractivity contribution in [3.05, 3.63) is 84.1 Å². The molecule has 0 N–H and O–H groups in total. The molecule has 1 aliphatic rings. The highest BCUT2D eigenvalue weighted by Gasteiger charge is 2.27. The van der Waals surface area contributed by atoms with Crippen molar-refractivity contribution in [3.8, 4) is 34.4 Å². The number of ether oxygens (including phenoxy) is 4. The Morgan fingerprint density at radius 1 is 0.791 bits per heavy atom. The standard InChI is InChI=1S/C33H37N5O5/c1-36(22-23-11-7-6-8-12-23)33(39)25-21-34-31(24-19-28(41-3)30(43-5)29(20-24)42-4)35-32(25)38-17-15-37(16-18-38)26-13-9-10-14-27(26)40-2/h6-14,19-21H,15-18,22H2,1-5H3. The second kappa shape index (κ2) is 13.3. The van der Waals surface area contributed by atoms with Gasteiger partial charge >= 0.3 is 0 Å². The summed E-state index contributed by atoms with van der Waals surface area (Å²) in [6.45, 7) is 3.25. The molecule has 0 spiro atoms. The molecule has 0 atom stereocenters. The predicted molar refractivity (Wildman–Crippen MR) is 167 cm³/mol. The van der Waals surface area contributed by atoms with Crippen LogP contribution >= 0.6 is 0 Å². The van der Waals surface area contributed by atoms with Crippen molar-refractivity contribution >= 4 is 17.4 Å². The van der Waals surface area contributed by atoms with Crippen LogP contribution in [0.3, 0.4) is 0 Å². The maximum Gasteiger partial charge on any atom is 0.259 e. The highest BCUT2D eigenvalue weighted by Crippen LogP contribution is 2.41. The number of nitrogens with zero attached hydrogens (tertiary/aromatic N) is 5. The Kier molecular flexibility index (Phi) is 9.14. The fourth-order valence-corrected chi connectivity index (χ4v) is 5.30. The average molecular weight is 584 g/mol. The maximum absolute atomic E-state index is 13.8. The fraction of sp³-hybridized carbons (Fsp3) is 0.303. The van der Waals surface area contributed by atoms with Crippen LogP contribution in [0.25, 0.3) is 11.4 Å². The Balaban J connectivity index is 1.50. The number of hydrogen-bond acceptors (Lipinski definition) is 9. The summed E-state index contributed by atoms with van der Waals surface area (Å²) in [6, 6.07) is 21.5. The first-order chi connectivity index (χ1) is 21.0. The lowest BCUT2D eigenvalue weighted by atomic mass is 10.1. The zero-order valence-corrected chi connectivity index (χ0v) is 25.2. The van der Waals surface area contributed by atoms with Crippen LogP contribution in [-0.2, 0) is 6.54 Å². The van der Waals surface area contributed by atoms with E-state index in [1.807, 2.05) is 60.7 Å². The molecular formula is C33H37N5O5. The lowest BCUT2D eigenvalue weighted by Crippen LogP contribution is -2.47. The molecule has 0 unspecified atom stereocenters. The van der Waals surface area contributed by atoms with Crippen LogP contribution in [0.4, 0.5) is 11.5 Å². The summed E-state index contributed by atoms with van der Waals surface area (Å²) in [7, 11) is 8.18. The van der Waals surface area contributed by atoms with Crippen LogP contribution in [-0.4, -0.2) is 82.4 Å². The van der Waals surface area contributed by atoms with Gasteiger partial charge in [-0.2, -0.15) is 0 Å². The van der Waals surface area contributed by atoms with E-state index in [1.165, 1.54) is 0 Å². The minimum absolute atomic E-state index is 0.151. The molecule has 10 nitrogen and oxygen atoms in total. The molecule has 1 saturated heterocycles. The van der Waals surface area contributed by atoms with Crippen molar-refractivity contribution < 1.29 is 23.7 Å². The third-order valence-corrected chi connectivity index (χ3v) is 7.54. The largest absolute Gasteiger partial charge is 0.495 e. The van der Waals surface area contributed by atoms with E-state index >= 15 is 0 Å². The van der Waals surface area contributed by atoms with Gasteiger partial charge in [0, 0.05) is 51.5 Å². The lowest BCUT2D eigenvalue weighted by Gasteiger charge is -2.38. The second-order valence-electron chi connectivity index (χ2n) is 10.1. The maximum atomic E-state index is 13.8. The van der Waals surface area contributed by atoms with Gasteiger partial charge in [-0.1, -0.05) is 42.5 Å². The number of rotatable bonds is 10. The molecule has 43 heavy (non-hydrogen) atoms. The number of piperazine rings is 1. The summed E-state index contributed by atoms with van der Waals surface area (Å²) in [4.78, 5) is 29.6. The number of carbonyl (C=O) groups is 1. The monoisotopic (exact) mass is 583 g/mol. The highest BCUT2D eigenvalue weighted by atomic mass is 16.5. The van der Waals surface area contributed by atoms with Gasteiger partial charge < -0.3 is 33.6 Å². The van der Waals surface area contributed by atoms with Gasteiger partial charge in [-0.3, -0.25) is 4.79 Å². The Labute approximate surface area is 252 Å². The number of amides is 1. The summed E-state index contributed by atoms with van der Waals surface area (Å²) < 4.78 is 22.2. The Morgan fingerprint density at radius 2 is 1.40 bits per heavy atom. The molecule has 1 fully saturated rings. The molecular weight excluding hydrogens is 546 g/mol. The molecule has 4 aromatic rings. The molecule has 10 heteroatoms. The van der Waals surface area contributed by atoms with Gasteiger partial charge in [0.25, 0.3) is 5.91 Å². The van der Waals surface area contributed by atoms with Crippen molar-refractivity contribution in [1.29, 1.82) is 0 Å². The number of methoxy groups -OCH3 is 4. The molecule has 1 amide bonds. The van der Waals surface area contributed by atoms with E-state index in [9.17, 15) is 4.79 Å². The number of carbonyl (C=O) groups excluding carboxylic acids is 1. The zero-order valence-electron chi connectivity index (χ0n) is 25.2. The van der Waals surface area contributed by atoms with Crippen LogP contribution in [0, 0.1) is 0 Å². The van der Waals surface area contributed by atoms with E-state index in [0.717, 1.165) is 30.1 Å². The molecule has 224 valence electrons. The SMILES string of the molecule is COc1ccccc1N1CCN(c2nc(-c3cc(OC)c(OC)c(OC)c3)ncc2C(=O)N(C)Cc2ccccc2)CC1. The molecule has 0 radical (unpaired) electrons. The smallest absolute Gasteiger partial charge is 0.259 e. The van der Waals surface area contributed by atoms with Crippen molar-refractivity contribution in [2.24, 2.45) is 0 Å². The Bertz CT molecular complexity index is 1530. The first-order valence-corrected chi connectivity index (χ1v) is 14.1. The molecule has 5 rings (SSSR count). The minimum Gasteiger partial charge on any atom is -0.495 e. The van der Waals surface area contributed by atoms with Gasteiger partial charge in [-0.15, -0.1) is 0 Å². The van der Waals surface area contributed by atoms with E-state index in [1.54, 1.807) is 46.6 Å². The van der Waals surface area contributed by atoms with E-state index < -0.39 is 0 Å². The van der Waals surface area contributed by atoms with Gasteiger partial charge in [0.05, 0.1) is 34.1 Å². The number of hydrogen-bond donors (Lipinski definition) is 0. The van der Waals surface area contributed by atoms with Crippen LogP contribution < -0.4 is 28.7 Å². The summed E-state index contributed by atoms with van der Waals surface area (Å²) in [6.07, 6.45) is 1.62. The van der Waals surface area contributed by atoms with Gasteiger partial charge in [0.1, 0.15) is 17.1 Å². The summed E-state index contributed by atoms with van der Waals surface area (Å²) in [5.74, 6) is 3.19. The Morgan fingerprint density at radius 3 is 2.02 bits per heavy atom. The predicted octanol–water partition coefficient (Wildman–Crippen LogP) is 4.78. The lowest BCUT2D eigenvalue weighted by molar-refractivity contribution is 0.0785. The Hall–Kier alpha value is -4.99. The van der Waals surface area contributed by atoms with Crippen LogP contribution in [0.1, 0.15) is 15.9 Å². The van der Waals surface area contributed by atoms with E-state index in [-0.39, 0.29) is 5.91 Å². The van der Waals surface area contributed by atoms with Gasteiger partial charge in [0.15, 0.2) is 17.3 Å². The summed E-state index contributed by atoms with van der Waals surface area (Å²) in [5, 5.41) is 0. The summed E-state index contributed by atoms with van der Waals surface area (Å²) >= 11 is 0. The summed E-state index contributed by atoms with van der Waals surface area (Å²) in [5.41, 5.74) is 3.21. The number of aromatic nitrogens is 2. The average Bonchev–Trinajstić information content (AvgIpc) is 3.07. The molecule has 3 aromatic carbocycles. The third-order valence-electron chi connectivity index (χ3n) is 7.54. The molecule has 0 saturated carbocycles. The van der Waals surface area contributed by atoms with E-state index in [0.29, 0.717) is 59.7 Å². The van der Waals surface area contributed by atoms with Gasteiger partial charge in [0.2, 0.25) is 5.75 Å². The van der Waals surface area contributed by atoms with Crippen LogP contribution in [0.15, 0.2) is 72.9 Å². The topological polar surface area (TPSA) is 89.5 Å². The van der Waals surface area contributed by atoms with Crippen molar-refractivity contribution in [3.63, 3.8) is 0 Å². The van der Waals surface area contributed by atoms with Crippen molar-refractivity contribution in [1.82, 2.24) is 14.9 Å². The molecule has 1 aliphatic heterocycles. The third kappa shape index (κ3) is 6.28. The highest BCUT2D eigenvalue weighted by molar-refractivity contribution is 5.99. The van der Waals surface area contributed by atoms with Crippen molar-refractivity contribution in [2.45, 2.75) is 6.54 Å². The quantitative estimate of drug-likeness (QED) is 0.262. The first kappa shape index (κ1) is 29.5. The molecule has 0 bridgehead atoms. The van der Waals surface area contributed by atoms with E-state index in [4.69, 9.17) is 23.9 Å². The zero-order chi connectivity index (χ0) is 30.3. The number of benzene rings is 3. The normalized spacial score (nSPS) is 13.0. The molecule has 0 aliphatic carbocycles. The first-order valence-electron chi connectivity index (χ1n) is 14.1. The number of anilines is 2. The van der Waals surface area contributed by atoms with Gasteiger partial charge in [-0.25, -0.2) is 9.97 Å². The fourth-order valence-electron chi connectivity index (χ4n) is 5.30.